The van der Waals surface area contributed by atoms with Crippen LogP contribution in [-0.2, 0) is 0 Å². The Labute approximate surface area is 94.2 Å². The summed E-state index contributed by atoms with van der Waals surface area (Å²) >= 11 is 3.80. The van der Waals surface area contributed by atoms with Gasteiger partial charge in [0.15, 0.2) is 0 Å². The van der Waals surface area contributed by atoms with Gasteiger partial charge < -0.3 is 0 Å². The lowest BCUT2D eigenvalue weighted by Crippen LogP contribution is -1.89. The van der Waals surface area contributed by atoms with Crippen LogP contribution >= 0.6 is 34.4 Å². The molecular weight excluding hydrogens is 301 g/mol. The molecule has 0 N–H and O–H groups in total. The molecule has 70 valence electrons. The highest BCUT2D eigenvalue weighted by atomic mass is 127. The molecule has 0 heterocycles. The first-order valence-corrected chi connectivity index (χ1v) is 5.78. The first-order chi connectivity index (χ1) is 6.15. The van der Waals surface area contributed by atoms with E-state index in [2.05, 4.69) is 22.6 Å². The quantitative estimate of drug-likeness (QED) is 0.372. The van der Waals surface area contributed by atoms with Crippen molar-refractivity contribution in [1.29, 1.82) is 0 Å². The summed E-state index contributed by atoms with van der Waals surface area (Å²) in [7, 11) is 0. The first kappa shape index (κ1) is 10.8. The lowest BCUT2D eigenvalue weighted by atomic mass is 10.3. The summed E-state index contributed by atoms with van der Waals surface area (Å²) in [5.74, 6) is 0.928. The minimum absolute atomic E-state index is 0.163. The summed E-state index contributed by atoms with van der Waals surface area (Å²) in [6.07, 6.45) is 0. The molecule has 0 aliphatic carbocycles. The number of thioether (sulfide) groups is 1. The van der Waals surface area contributed by atoms with Crippen molar-refractivity contribution in [2.24, 2.45) is 0 Å². The van der Waals surface area contributed by atoms with Crippen LogP contribution in [0, 0.1) is 13.7 Å². The third kappa shape index (κ3) is 2.84. The van der Waals surface area contributed by atoms with Gasteiger partial charge in [-0.15, -0.1) is 11.8 Å². The van der Waals surface area contributed by atoms with Crippen molar-refractivity contribution in [3.05, 3.63) is 31.9 Å². The second kappa shape index (κ2) is 4.80. The van der Waals surface area contributed by atoms with E-state index in [0.29, 0.717) is 0 Å². The smallest absolute Gasteiger partial charge is 0.258 e. The summed E-state index contributed by atoms with van der Waals surface area (Å²) in [6.45, 7) is 2.03. The third-order valence-electron chi connectivity index (χ3n) is 1.43. The zero-order chi connectivity index (χ0) is 9.84. The van der Waals surface area contributed by atoms with Gasteiger partial charge in [0.25, 0.3) is 5.69 Å². The average molecular weight is 309 g/mol. The van der Waals surface area contributed by atoms with E-state index in [1.807, 2.05) is 6.92 Å². The van der Waals surface area contributed by atoms with E-state index >= 15 is 0 Å². The van der Waals surface area contributed by atoms with Crippen molar-refractivity contribution in [2.45, 2.75) is 11.8 Å². The molecule has 5 heteroatoms. The number of hydrogen-bond donors (Lipinski definition) is 0. The zero-order valence-corrected chi connectivity index (χ0v) is 9.96. The molecular formula is C8H8INO2S. The molecule has 0 aromatic heterocycles. The minimum atomic E-state index is -0.365. The normalized spacial score (nSPS) is 10.0. The van der Waals surface area contributed by atoms with Gasteiger partial charge in [0.05, 0.1) is 4.92 Å². The summed E-state index contributed by atoms with van der Waals surface area (Å²) in [6, 6.07) is 4.92. The second-order valence-electron chi connectivity index (χ2n) is 2.30. The number of non-ortho nitro benzene ring substituents is 1. The molecule has 0 amide bonds. The predicted octanol–water partition coefficient (Wildman–Crippen LogP) is 3.31. The fourth-order valence-electron chi connectivity index (χ4n) is 0.872. The van der Waals surface area contributed by atoms with Crippen molar-refractivity contribution < 1.29 is 4.92 Å². The van der Waals surface area contributed by atoms with Crippen molar-refractivity contribution in [2.75, 3.05) is 5.75 Å². The molecule has 0 bridgehead atoms. The number of hydrogen-bond acceptors (Lipinski definition) is 3. The molecule has 0 aliphatic heterocycles. The van der Waals surface area contributed by atoms with E-state index in [1.54, 1.807) is 23.9 Å². The molecule has 13 heavy (non-hydrogen) atoms. The number of benzene rings is 1. The molecule has 0 fully saturated rings. The molecule has 0 aliphatic rings. The van der Waals surface area contributed by atoms with Gasteiger partial charge in [0.2, 0.25) is 0 Å². The Morgan fingerprint density at radius 2 is 2.31 bits per heavy atom. The number of nitrogens with zero attached hydrogens (tertiary/aromatic N) is 1. The number of nitro groups is 1. The van der Waals surface area contributed by atoms with Gasteiger partial charge in [0.1, 0.15) is 0 Å². The topological polar surface area (TPSA) is 43.1 Å². The molecule has 1 aromatic carbocycles. The minimum Gasteiger partial charge on any atom is -0.258 e. The second-order valence-corrected chi connectivity index (χ2v) is 4.77. The Morgan fingerprint density at radius 3 is 2.85 bits per heavy atom. The van der Waals surface area contributed by atoms with Crippen LogP contribution in [0.1, 0.15) is 6.92 Å². The van der Waals surface area contributed by atoms with Crippen LogP contribution in [-0.4, -0.2) is 10.7 Å². The molecule has 0 atom stereocenters. The van der Waals surface area contributed by atoms with Crippen LogP contribution in [0.5, 0.6) is 0 Å². The van der Waals surface area contributed by atoms with E-state index in [0.717, 1.165) is 14.2 Å². The fraction of sp³-hybridized carbons (Fsp3) is 0.250. The van der Waals surface area contributed by atoms with Gasteiger partial charge in [-0.05, 0) is 34.4 Å². The van der Waals surface area contributed by atoms with Crippen LogP contribution in [0.2, 0.25) is 0 Å². The molecule has 3 nitrogen and oxygen atoms in total. The molecule has 0 radical (unpaired) electrons. The summed E-state index contributed by atoms with van der Waals surface area (Å²) < 4.78 is 1.06. The lowest BCUT2D eigenvalue weighted by Gasteiger charge is -2.01. The zero-order valence-electron chi connectivity index (χ0n) is 6.99. The highest BCUT2D eigenvalue weighted by Gasteiger charge is 2.08. The van der Waals surface area contributed by atoms with Crippen molar-refractivity contribution in [3.63, 3.8) is 0 Å². The van der Waals surface area contributed by atoms with Crippen molar-refractivity contribution in [1.82, 2.24) is 0 Å². The summed E-state index contributed by atoms with van der Waals surface area (Å²) in [5.41, 5.74) is 0.163. The molecule has 0 saturated heterocycles. The SMILES string of the molecule is CCSc1cc([N+](=O)[O-])ccc1I. The van der Waals surface area contributed by atoms with Crippen LogP contribution < -0.4 is 0 Å². The van der Waals surface area contributed by atoms with Gasteiger partial charge in [-0.25, -0.2) is 0 Å². The maximum Gasteiger partial charge on any atom is 0.270 e. The van der Waals surface area contributed by atoms with Gasteiger partial charge in [-0.3, -0.25) is 10.1 Å². The standard InChI is InChI=1S/C8H8INO2S/c1-2-13-8-5-6(10(11)12)3-4-7(8)9/h3-5H,2H2,1H3. The molecule has 1 aromatic rings. The van der Waals surface area contributed by atoms with Crippen LogP contribution in [0.3, 0.4) is 0 Å². The van der Waals surface area contributed by atoms with Crippen LogP contribution in [0.25, 0.3) is 0 Å². The van der Waals surface area contributed by atoms with Crippen LogP contribution in [0.4, 0.5) is 5.69 Å². The van der Waals surface area contributed by atoms with Crippen molar-refractivity contribution in [3.8, 4) is 0 Å². The van der Waals surface area contributed by atoms with Gasteiger partial charge in [-0.2, -0.15) is 0 Å². The third-order valence-corrected chi connectivity index (χ3v) is 3.67. The highest BCUT2D eigenvalue weighted by Crippen LogP contribution is 2.27. The predicted molar refractivity (Wildman–Crippen MR) is 62.2 cm³/mol. The Hall–Kier alpha value is -0.300. The van der Waals surface area contributed by atoms with Gasteiger partial charge in [-0.1, -0.05) is 6.92 Å². The van der Waals surface area contributed by atoms with E-state index in [1.165, 1.54) is 6.07 Å². The van der Waals surface area contributed by atoms with E-state index < -0.39 is 0 Å². The molecule has 0 spiro atoms. The monoisotopic (exact) mass is 309 g/mol. The Kier molecular flexibility index (Phi) is 3.98. The maximum absolute atomic E-state index is 10.5. The summed E-state index contributed by atoms with van der Waals surface area (Å²) in [5, 5.41) is 10.5. The largest absolute Gasteiger partial charge is 0.270 e. The number of nitro benzene ring substituents is 1. The number of halogens is 1. The Bertz CT molecular complexity index is 330. The van der Waals surface area contributed by atoms with E-state index in [9.17, 15) is 10.1 Å². The van der Waals surface area contributed by atoms with E-state index in [4.69, 9.17) is 0 Å². The summed E-state index contributed by atoms with van der Waals surface area (Å²) in [4.78, 5) is 11.1. The number of rotatable bonds is 3. The van der Waals surface area contributed by atoms with Gasteiger partial charge in [0, 0.05) is 20.6 Å². The fourth-order valence-corrected chi connectivity index (χ4v) is 2.40. The Morgan fingerprint density at radius 1 is 1.62 bits per heavy atom. The van der Waals surface area contributed by atoms with Gasteiger partial charge >= 0.3 is 0 Å². The molecule has 0 saturated carbocycles. The first-order valence-electron chi connectivity index (χ1n) is 3.72. The Balaban J connectivity index is 3.03. The highest BCUT2D eigenvalue weighted by molar-refractivity contribution is 14.1. The average Bonchev–Trinajstić information content (AvgIpc) is 2.08. The maximum atomic E-state index is 10.5. The molecule has 0 unspecified atom stereocenters. The molecule has 1 rings (SSSR count). The lowest BCUT2D eigenvalue weighted by molar-refractivity contribution is -0.385. The van der Waals surface area contributed by atoms with E-state index in [-0.39, 0.29) is 10.6 Å². The van der Waals surface area contributed by atoms with Crippen LogP contribution in [0.15, 0.2) is 23.1 Å². The van der Waals surface area contributed by atoms with Crippen molar-refractivity contribution >= 4 is 40.0 Å².